The number of carbonyl (C=O) groups excluding carboxylic acids is 1. The molecule has 0 aromatic heterocycles. The Kier molecular flexibility index (Phi) is 3.01. The molecule has 0 aromatic rings. The van der Waals surface area contributed by atoms with E-state index < -0.39 is 5.97 Å². The molecule has 2 bridgehead atoms. The molecular weight excluding hydrogens is 232 g/mol. The van der Waals surface area contributed by atoms with Crippen molar-refractivity contribution < 1.29 is 14.7 Å². The number of rotatable bonds is 2. The lowest BCUT2D eigenvalue weighted by Gasteiger charge is -2.30. The first-order valence-electron chi connectivity index (χ1n) is 6.97. The zero-order chi connectivity index (χ0) is 12.7. The van der Waals surface area contributed by atoms with Gasteiger partial charge in [-0.25, -0.2) is 0 Å². The lowest BCUT2D eigenvalue weighted by Crippen LogP contribution is -2.50. The molecular formula is C13H20N2O3. The van der Waals surface area contributed by atoms with Gasteiger partial charge in [0, 0.05) is 12.1 Å². The Balaban J connectivity index is 1.72. The van der Waals surface area contributed by atoms with Crippen LogP contribution in [0.1, 0.15) is 38.5 Å². The van der Waals surface area contributed by atoms with Gasteiger partial charge in [-0.3, -0.25) is 9.59 Å². The fourth-order valence-electron chi connectivity index (χ4n) is 3.84. The van der Waals surface area contributed by atoms with Gasteiger partial charge in [-0.1, -0.05) is 6.42 Å². The van der Waals surface area contributed by atoms with E-state index in [0.717, 1.165) is 38.6 Å². The van der Waals surface area contributed by atoms with Gasteiger partial charge in [0.05, 0.1) is 12.0 Å². The monoisotopic (exact) mass is 252 g/mol. The Bertz CT molecular complexity index is 365. The van der Waals surface area contributed by atoms with Gasteiger partial charge in [-0.05, 0) is 38.6 Å². The minimum atomic E-state index is -0.739. The zero-order valence-electron chi connectivity index (χ0n) is 10.5. The molecule has 0 aromatic carbocycles. The van der Waals surface area contributed by atoms with Crippen molar-refractivity contribution in [2.45, 2.75) is 56.7 Å². The van der Waals surface area contributed by atoms with E-state index >= 15 is 0 Å². The number of carboxylic acids is 1. The molecule has 4 atom stereocenters. The van der Waals surface area contributed by atoms with Gasteiger partial charge in [0.15, 0.2) is 0 Å². The summed E-state index contributed by atoms with van der Waals surface area (Å²) in [6.45, 7) is 0.905. The van der Waals surface area contributed by atoms with Crippen molar-refractivity contribution in [2.24, 2.45) is 5.92 Å². The van der Waals surface area contributed by atoms with Crippen LogP contribution in [-0.2, 0) is 9.59 Å². The minimum Gasteiger partial charge on any atom is -0.481 e. The molecule has 0 aliphatic carbocycles. The summed E-state index contributed by atoms with van der Waals surface area (Å²) in [5, 5.41) is 12.5. The molecule has 0 spiro atoms. The molecule has 3 heterocycles. The zero-order valence-corrected chi connectivity index (χ0v) is 10.5. The van der Waals surface area contributed by atoms with E-state index in [-0.39, 0.29) is 30.0 Å². The van der Waals surface area contributed by atoms with Crippen molar-refractivity contribution in [1.29, 1.82) is 0 Å². The fraction of sp³-hybridized carbons (Fsp3) is 0.846. The number of hydrogen-bond acceptors (Lipinski definition) is 3. The highest BCUT2D eigenvalue weighted by atomic mass is 16.4. The van der Waals surface area contributed by atoms with Gasteiger partial charge in [0.1, 0.15) is 0 Å². The van der Waals surface area contributed by atoms with E-state index in [1.807, 2.05) is 4.90 Å². The molecule has 18 heavy (non-hydrogen) atoms. The van der Waals surface area contributed by atoms with Crippen LogP contribution in [-0.4, -0.2) is 46.6 Å². The molecule has 0 saturated carbocycles. The van der Waals surface area contributed by atoms with Crippen molar-refractivity contribution in [3.8, 4) is 0 Å². The normalized spacial score (nSPS) is 39.0. The molecule has 0 radical (unpaired) electrons. The van der Waals surface area contributed by atoms with Gasteiger partial charge < -0.3 is 15.3 Å². The van der Waals surface area contributed by atoms with Crippen LogP contribution in [0.25, 0.3) is 0 Å². The summed E-state index contributed by atoms with van der Waals surface area (Å²) in [5.41, 5.74) is 0. The Morgan fingerprint density at radius 2 is 2.00 bits per heavy atom. The third-order valence-electron chi connectivity index (χ3n) is 4.72. The van der Waals surface area contributed by atoms with Crippen LogP contribution in [0.2, 0.25) is 0 Å². The molecule has 3 unspecified atom stereocenters. The Hall–Kier alpha value is -1.10. The highest BCUT2D eigenvalue weighted by Crippen LogP contribution is 2.42. The fourth-order valence-corrected chi connectivity index (χ4v) is 3.84. The number of piperidine rings is 1. The second-order valence-corrected chi connectivity index (χ2v) is 5.73. The third kappa shape index (κ3) is 1.81. The van der Waals surface area contributed by atoms with Crippen LogP contribution in [0.15, 0.2) is 0 Å². The first-order chi connectivity index (χ1) is 8.68. The lowest BCUT2D eigenvalue weighted by atomic mass is 9.89. The first-order valence-corrected chi connectivity index (χ1v) is 6.97. The Morgan fingerprint density at radius 1 is 1.17 bits per heavy atom. The second kappa shape index (κ2) is 4.53. The predicted octanol–water partition coefficient (Wildman–Crippen LogP) is 0.593. The first kappa shape index (κ1) is 12.0. The molecule has 3 aliphatic heterocycles. The van der Waals surface area contributed by atoms with Crippen LogP contribution in [0.5, 0.6) is 0 Å². The van der Waals surface area contributed by atoms with E-state index in [4.69, 9.17) is 0 Å². The largest absolute Gasteiger partial charge is 0.481 e. The summed E-state index contributed by atoms with van der Waals surface area (Å²) in [5.74, 6) is -0.932. The highest BCUT2D eigenvalue weighted by molar-refractivity contribution is 5.85. The van der Waals surface area contributed by atoms with Crippen molar-refractivity contribution in [3.05, 3.63) is 0 Å². The maximum absolute atomic E-state index is 12.5. The molecule has 5 nitrogen and oxygen atoms in total. The molecule has 2 N–H and O–H groups in total. The number of nitrogens with one attached hydrogen (secondary N) is 1. The van der Waals surface area contributed by atoms with E-state index in [1.54, 1.807) is 0 Å². The van der Waals surface area contributed by atoms with Crippen LogP contribution >= 0.6 is 0 Å². The van der Waals surface area contributed by atoms with Gasteiger partial charge in [-0.15, -0.1) is 0 Å². The lowest BCUT2D eigenvalue weighted by molar-refractivity contribution is -0.143. The molecule has 3 rings (SSSR count). The summed E-state index contributed by atoms with van der Waals surface area (Å²) in [4.78, 5) is 25.6. The van der Waals surface area contributed by atoms with Gasteiger partial charge in [0.2, 0.25) is 5.91 Å². The maximum atomic E-state index is 12.5. The van der Waals surface area contributed by atoms with E-state index in [0.29, 0.717) is 6.42 Å². The number of fused-ring (bicyclic) bond motifs is 2. The van der Waals surface area contributed by atoms with E-state index in [1.165, 1.54) is 0 Å². The molecule has 1 amide bonds. The van der Waals surface area contributed by atoms with Gasteiger partial charge >= 0.3 is 5.97 Å². The number of nitrogens with zero attached hydrogens (tertiary/aromatic N) is 1. The smallest absolute Gasteiger partial charge is 0.308 e. The summed E-state index contributed by atoms with van der Waals surface area (Å²) >= 11 is 0. The van der Waals surface area contributed by atoms with Crippen LogP contribution in [0.3, 0.4) is 0 Å². The quantitative estimate of drug-likeness (QED) is 0.755. The molecule has 5 heteroatoms. The van der Waals surface area contributed by atoms with Crippen molar-refractivity contribution >= 4 is 11.9 Å². The Labute approximate surface area is 107 Å². The molecule has 3 fully saturated rings. The predicted molar refractivity (Wildman–Crippen MR) is 65.0 cm³/mol. The van der Waals surface area contributed by atoms with Gasteiger partial charge in [0.25, 0.3) is 0 Å². The molecule has 3 aliphatic rings. The molecule has 100 valence electrons. The van der Waals surface area contributed by atoms with Crippen LogP contribution in [0.4, 0.5) is 0 Å². The number of carboxylic acid groups (broad SMARTS) is 1. The van der Waals surface area contributed by atoms with Crippen LogP contribution < -0.4 is 5.32 Å². The maximum Gasteiger partial charge on any atom is 0.308 e. The summed E-state index contributed by atoms with van der Waals surface area (Å²) in [6.07, 6.45) is 5.61. The van der Waals surface area contributed by atoms with Crippen molar-refractivity contribution in [2.75, 3.05) is 6.54 Å². The van der Waals surface area contributed by atoms with Crippen molar-refractivity contribution in [1.82, 2.24) is 10.2 Å². The molecule has 3 saturated heterocycles. The Morgan fingerprint density at radius 3 is 2.61 bits per heavy atom. The van der Waals surface area contributed by atoms with E-state index in [9.17, 15) is 14.7 Å². The number of hydrogen-bond donors (Lipinski definition) is 2. The van der Waals surface area contributed by atoms with Crippen molar-refractivity contribution in [3.63, 3.8) is 0 Å². The number of aliphatic carboxylic acids is 1. The second-order valence-electron chi connectivity index (χ2n) is 5.73. The highest BCUT2D eigenvalue weighted by Gasteiger charge is 2.52. The number of amides is 1. The third-order valence-corrected chi connectivity index (χ3v) is 4.72. The average Bonchev–Trinajstić information content (AvgIpc) is 2.96. The number of carbonyl (C=O) groups is 2. The summed E-state index contributed by atoms with van der Waals surface area (Å²) in [6, 6.07) is 0.0467. The minimum absolute atomic E-state index is 0.0521. The summed E-state index contributed by atoms with van der Waals surface area (Å²) in [7, 11) is 0. The van der Waals surface area contributed by atoms with E-state index in [2.05, 4.69) is 5.32 Å². The topological polar surface area (TPSA) is 69.6 Å². The average molecular weight is 252 g/mol. The SMILES string of the molecule is O=C(O)C1CC2CCC1N2C(=O)[C@H]1CCCCN1. The standard InChI is InChI=1S/C13H20N2O3/c16-12(10-3-1-2-6-14-10)15-8-4-5-11(15)9(7-8)13(17)18/h8-11,14H,1-7H2,(H,17,18)/t8?,9?,10-,11?/m1/s1. The summed E-state index contributed by atoms with van der Waals surface area (Å²) < 4.78 is 0. The van der Waals surface area contributed by atoms with Gasteiger partial charge in [-0.2, -0.15) is 0 Å². The van der Waals surface area contributed by atoms with Crippen LogP contribution in [0, 0.1) is 5.92 Å².